The summed E-state index contributed by atoms with van der Waals surface area (Å²) in [6, 6.07) is 4.10. The van der Waals surface area contributed by atoms with E-state index in [9.17, 15) is 13.2 Å². The van der Waals surface area contributed by atoms with Crippen LogP contribution >= 0.6 is 11.6 Å². The summed E-state index contributed by atoms with van der Waals surface area (Å²) in [6.07, 6.45) is 0. The molecule has 0 aliphatic carbocycles. The van der Waals surface area contributed by atoms with Crippen molar-refractivity contribution >= 4 is 27.4 Å². The van der Waals surface area contributed by atoms with E-state index in [1.165, 1.54) is 18.2 Å². The van der Waals surface area contributed by atoms with Gasteiger partial charge in [-0.25, -0.2) is 13.2 Å². The number of ether oxygens (including phenoxy) is 1. The summed E-state index contributed by atoms with van der Waals surface area (Å²) in [5, 5.41) is 8.80. The van der Waals surface area contributed by atoms with Crippen LogP contribution < -0.4 is 4.74 Å². The lowest BCUT2D eigenvalue weighted by Gasteiger charge is -2.11. The Kier molecular flexibility index (Phi) is 5.20. The molecule has 0 amide bonds. The first-order valence-corrected chi connectivity index (χ1v) is 7.70. The molecule has 0 aliphatic heterocycles. The Morgan fingerprint density at radius 1 is 1.42 bits per heavy atom. The largest absolute Gasteiger partial charge is 0.492 e. The minimum absolute atomic E-state index is 0.0497. The second-order valence-electron chi connectivity index (χ2n) is 4.21. The van der Waals surface area contributed by atoms with Gasteiger partial charge < -0.3 is 9.84 Å². The van der Waals surface area contributed by atoms with Crippen LogP contribution in [-0.4, -0.2) is 37.1 Å². The van der Waals surface area contributed by atoms with Crippen LogP contribution in [-0.2, 0) is 9.84 Å². The summed E-state index contributed by atoms with van der Waals surface area (Å²) >= 11 is 5.75. The Balaban J connectivity index is 2.78. The van der Waals surface area contributed by atoms with Crippen LogP contribution in [0.4, 0.5) is 0 Å². The number of hydrogen-bond donors (Lipinski definition) is 1. The first kappa shape index (κ1) is 15.8. The molecule has 5 nitrogen and oxygen atoms in total. The average molecular weight is 307 g/mol. The molecular weight excluding hydrogens is 292 g/mol. The van der Waals surface area contributed by atoms with Crippen LogP contribution in [0.2, 0.25) is 5.02 Å². The molecule has 0 unspecified atom stereocenters. The van der Waals surface area contributed by atoms with Crippen molar-refractivity contribution in [1.82, 2.24) is 0 Å². The zero-order valence-corrected chi connectivity index (χ0v) is 12.2. The number of carboxylic acid groups (broad SMARTS) is 1. The number of carboxylic acids is 1. The Hall–Kier alpha value is -1.27. The molecule has 106 valence electrons. The Labute approximate surface area is 117 Å². The zero-order chi connectivity index (χ0) is 14.6. The molecule has 7 heteroatoms. The zero-order valence-electron chi connectivity index (χ0n) is 10.6. The van der Waals surface area contributed by atoms with Gasteiger partial charge in [-0.15, -0.1) is 0 Å². The predicted molar refractivity (Wildman–Crippen MR) is 72.8 cm³/mol. The first-order chi connectivity index (χ1) is 8.74. The van der Waals surface area contributed by atoms with Crippen LogP contribution in [0.5, 0.6) is 5.75 Å². The van der Waals surface area contributed by atoms with Crippen molar-refractivity contribution in [3.8, 4) is 5.75 Å². The summed E-state index contributed by atoms with van der Waals surface area (Å²) in [4.78, 5) is 11.0. The van der Waals surface area contributed by atoms with E-state index in [2.05, 4.69) is 0 Å². The van der Waals surface area contributed by atoms with Crippen molar-refractivity contribution < 1.29 is 23.1 Å². The second kappa shape index (κ2) is 6.25. The van der Waals surface area contributed by atoms with Gasteiger partial charge in [0.05, 0.1) is 11.0 Å². The van der Waals surface area contributed by atoms with Gasteiger partial charge in [0, 0.05) is 5.02 Å². The smallest absolute Gasteiger partial charge is 0.339 e. The molecule has 0 saturated carbocycles. The highest BCUT2D eigenvalue weighted by Gasteiger charge is 2.17. The van der Waals surface area contributed by atoms with Crippen molar-refractivity contribution in [3.05, 3.63) is 28.8 Å². The van der Waals surface area contributed by atoms with Gasteiger partial charge in [0.25, 0.3) is 0 Å². The maximum absolute atomic E-state index is 11.6. The van der Waals surface area contributed by atoms with Crippen LogP contribution in [0.25, 0.3) is 0 Å². The Morgan fingerprint density at radius 2 is 2.05 bits per heavy atom. The van der Waals surface area contributed by atoms with E-state index in [-0.39, 0.29) is 23.7 Å². The molecule has 1 N–H and O–H groups in total. The van der Waals surface area contributed by atoms with Crippen molar-refractivity contribution in [2.24, 2.45) is 0 Å². The number of aromatic carboxylic acids is 1. The first-order valence-electron chi connectivity index (χ1n) is 5.61. The number of benzene rings is 1. The SMILES string of the molecule is CC(C)S(=O)(=O)CCOc1cc(Cl)ccc1C(=O)O. The van der Waals surface area contributed by atoms with E-state index in [1.54, 1.807) is 13.8 Å². The molecule has 0 radical (unpaired) electrons. The third kappa shape index (κ3) is 4.40. The number of carbonyl (C=O) groups is 1. The summed E-state index contributed by atoms with van der Waals surface area (Å²) in [6.45, 7) is 3.05. The number of hydrogen-bond acceptors (Lipinski definition) is 4. The predicted octanol–water partition coefficient (Wildman–Crippen LogP) is 2.24. The van der Waals surface area contributed by atoms with E-state index in [4.69, 9.17) is 21.4 Å². The molecule has 19 heavy (non-hydrogen) atoms. The highest BCUT2D eigenvalue weighted by atomic mass is 35.5. The Bertz CT molecular complexity index is 565. The fourth-order valence-corrected chi connectivity index (χ4v) is 2.24. The molecule has 0 aromatic heterocycles. The molecule has 0 aliphatic rings. The molecule has 0 saturated heterocycles. The highest BCUT2D eigenvalue weighted by molar-refractivity contribution is 7.91. The maximum atomic E-state index is 11.6. The van der Waals surface area contributed by atoms with E-state index >= 15 is 0 Å². The summed E-state index contributed by atoms with van der Waals surface area (Å²) in [5.74, 6) is -1.26. The molecule has 0 spiro atoms. The topological polar surface area (TPSA) is 80.7 Å². The molecule has 0 heterocycles. The van der Waals surface area contributed by atoms with E-state index in [0.717, 1.165) is 0 Å². The fourth-order valence-electron chi connectivity index (χ4n) is 1.30. The summed E-state index contributed by atoms with van der Waals surface area (Å²) < 4.78 is 28.4. The molecule has 0 fully saturated rings. The quantitative estimate of drug-likeness (QED) is 0.871. The number of halogens is 1. The lowest BCUT2D eigenvalue weighted by atomic mass is 10.2. The van der Waals surface area contributed by atoms with Crippen molar-refractivity contribution in [2.75, 3.05) is 12.4 Å². The van der Waals surface area contributed by atoms with Crippen LogP contribution in [0.1, 0.15) is 24.2 Å². The van der Waals surface area contributed by atoms with Crippen molar-refractivity contribution in [3.63, 3.8) is 0 Å². The normalized spacial score (nSPS) is 11.6. The molecular formula is C12H15ClO5S. The molecule has 0 bridgehead atoms. The van der Waals surface area contributed by atoms with Gasteiger partial charge in [-0.1, -0.05) is 11.6 Å². The second-order valence-corrected chi connectivity index (χ2v) is 7.32. The average Bonchev–Trinajstić information content (AvgIpc) is 2.28. The number of rotatable bonds is 6. The summed E-state index contributed by atoms with van der Waals surface area (Å²) in [7, 11) is -3.22. The van der Waals surface area contributed by atoms with Gasteiger partial charge in [0.15, 0.2) is 9.84 Å². The van der Waals surface area contributed by atoms with E-state index in [1.807, 2.05) is 0 Å². The molecule has 1 rings (SSSR count). The summed E-state index contributed by atoms with van der Waals surface area (Å²) in [5.41, 5.74) is -0.0497. The molecule has 0 atom stereocenters. The lowest BCUT2D eigenvalue weighted by Crippen LogP contribution is -2.22. The van der Waals surface area contributed by atoms with Gasteiger partial charge in [-0.3, -0.25) is 0 Å². The van der Waals surface area contributed by atoms with Crippen LogP contribution in [0.15, 0.2) is 18.2 Å². The number of sulfone groups is 1. The van der Waals surface area contributed by atoms with Crippen LogP contribution in [0.3, 0.4) is 0 Å². The lowest BCUT2D eigenvalue weighted by molar-refractivity contribution is 0.0692. The van der Waals surface area contributed by atoms with Gasteiger partial charge in [-0.05, 0) is 32.0 Å². The highest BCUT2D eigenvalue weighted by Crippen LogP contribution is 2.23. The van der Waals surface area contributed by atoms with Gasteiger partial charge in [0.1, 0.15) is 17.9 Å². The Morgan fingerprint density at radius 3 is 2.58 bits per heavy atom. The van der Waals surface area contributed by atoms with Gasteiger partial charge >= 0.3 is 5.97 Å². The van der Waals surface area contributed by atoms with E-state index in [0.29, 0.717) is 5.02 Å². The fraction of sp³-hybridized carbons (Fsp3) is 0.417. The minimum atomic E-state index is -3.22. The van der Waals surface area contributed by atoms with Crippen molar-refractivity contribution in [1.29, 1.82) is 0 Å². The standard InChI is InChI=1S/C12H15ClO5S/c1-8(2)19(16,17)6-5-18-11-7-9(13)3-4-10(11)12(14)15/h3-4,7-8H,5-6H2,1-2H3,(H,14,15). The monoisotopic (exact) mass is 306 g/mol. The van der Waals surface area contributed by atoms with Gasteiger partial charge in [-0.2, -0.15) is 0 Å². The maximum Gasteiger partial charge on any atom is 0.339 e. The third-order valence-electron chi connectivity index (χ3n) is 2.52. The third-order valence-corrected chi connectivity index (χ3v) is 4.92. The van der Waals surface area contributed by atoms with E-state index < -0.39 is 21.1 Å². The minimum Gasteiger partial charge on any atom is -0.492 e. The van der Waals surface area contributed by atoms with Crippen molar-refractivity contribution in [2.45, 2.75) is 19.1 Å². The molecule has 1 aromatic carbocycles. The van der Waals surface area contributed by atoms with Gasteiger partial charge in [0.2, 0.25) is 0 Å². The van der Waals surface area contributed by atoms with Crippen LogP contribution in [0, 0.1) is 0 Å². The molecule has 1 aromatic rings.